The van der Waals surface area contributed by atoms with Crippen molar-refractivity contribution in [2.24, 2.45) is 0 Å². The third kappa shape index (κ3) is 2.22. The van der Waals surface area contributed by atoms with E-state index in [0.29, 0.717) is 5.69 Å². The van der Waals surface area contributed by atoms with Gasteiger partial charge in [0.2, 0.25) is 0 Å². The highest BCUT2D eigenvalue weighted by Crippen LogP contribution is 2.39. The maximum atomic E-state index is 12.6. The number of hydrogen-bond donors (Lipinski definition) is 2. The summed E-state index contributed by atoms with van der Waals surface area (Å²) >= 11 is 0. The standard InChI is InChI=1S/C11H14F3N3O/c12-11(13,14)10(18)3-6-17(7-4-10)8-2-1-5-16-9(8)15/h1-2,5,18H,3-4,6-7H2,(H2,15,16). The molecular formula is C11H14F3N3O. The second-order valence-corrected chi connectivity index (χ2v) is 4.42. The van der Waals surface area contributed by atoms with Crippen LogP contribution in [-0.2, 0) is 0 Å². The minimum absolute atomic E-state index is 0.103. The molecule has 1 aromatic rings. The van der Waals surface area contributed by atoms with Crippen LogP contribution in [0.1, 0.15) is 12.8 Å². The first kappa shape index (κ1) is 12.9. The first-order chi connectivity index (χ1) is 8.33. The van der Waals surface area contributed by atoms with E-state index in [2.05, 4.69) is 4.98 Å². The summed E-state index contributed by atoms with van der Waals surface area (Å²) in [4.78, 5) is 5.60. The van der Waals surface area contributed by atoms with Crippen molar-refractivity contribution in [3.8, 4) is 0 Å². The number of halogens is 3. The SMILES string of the molecule is Nc1ncccc1N1CCC(O)(C(F)(F)F)CC1. The number of aliphatic hydroxyl groups is 1. The molecule has 0 saturated carbocycles. The van der Waals surface area contributed by atoms with E-state index >= 15 is 0 Å². The van der Waals surface area contributed by atoms with E-state index in [4.69, 9.17) is 5.73 Å². The quantitative estimate of drug-likeness (QED) is 0.805. The van der Waals surface area contributed by atoms with Crippen LogP contribution >= 0.6 is 0 Å². The van der Waals surface area contributed by atoms with Crippen LogP contribution in [0.15, 0.2) is 18.3 Å². The van der Waals surface area contributed by atoms with Gasteiger partial charge in [0.15, 0.2) is 5.60 Å². The van der Waals surface area contributed by atoms with Crippen LogP contribution in [0, 0.1) is 0 Å². The van der Waals surface area contributed by atoms with E-state index in [1.54, 1.807) is 17.0 Å². The minimum Gasteiger partial charge on any atom is -0.382 e. The van der Waals surface area contributed by atoms with Gasteiger partial charge in [-0.05, 0) is 12.1 Å². The first-order valence-corrected chi connectivity index (χ1v) is 5.58. The second-order valence-electron chi connectivity index (χ2n) is 4.42. The molecule has 3 N–H and O–H groups in total. The van der Waals surface area contributed by atoms with Crippen LogP contribution in [0.3, 0.4) is 0 Å². The zero-order valence-corrected chi connectivity index (χ0v) is 9.61. The average Bonchev–Trinajstić information content (AvgIpc) is 2.30. The van der Waals surface area contributed by atoms with Crippen LogP contribution < -0.4 is 10.6 Å². The Morgan fingerprint density at radius 2 is 1.94 bits per heavy atom. The Morgan fingerprint density at radius 1 is 1.33 bits per heavy atom. The topological polar surface area (TPSA) is 62.4 Å². The Bertz CT molecular complexity index is 428. The highest BCUT2D eigenvalue weighted by atomic mass is 19.4. The number of nitrogens with two attached hydrogens (primary N) is 1. The molecule has 1 aliphatic rings. The van der Waals surface area contributed by atoms with Gasteiger partial charge in [0.25, 0.3) is 0 Å². The van der Waals surface area contributed by atoms with E-state index in [0.717, 1.165) is 0 Å². The van der Waals surface area contributed by atoms with Gasteiger partial charge in [-0.2, -0.15) is 13.2 Å². The van der Waals surface area contributed by atoms with Gasteiger partial charge in [0.05, 0.1) is 5.69 Å². The van der Waals surface area contributed by atoms with Crippen molar-refractivity contribution in [2.45, 2.75) is 24.6 Å². The number of nitrogens with zero attached hydrogens (tertiary/aromatic N) is 2. The summed E-state index contributed by atoms with van der Waals surface area (Å²) in [5.74, 6) is 0.287. The smallest absolute Gasteiger partial charge is 0.382 e. The Labute approximate surface area is 102 Å². The lowest BCUT2D eigenvalue weighted by atomic mass is 9.90. The lowest BCUT2D eigenvalue weighted by Crippen LogP contribution is -2.53. The summed E-state index contributed by atoms with van der Waals surface area (Å²) in [6.07, 6.45) is -3.77. The number of alkyl halides is 3. The lowest BCUT2D eigenvalue weighted by molar-refractivity contribution is -0.266. The van der Waals surface area contributed by atoms with Crippen molar-refractivity contribution in [3.63, 3.8) is 0 Å². The van der Waals surface area contributed by atoms with E-state index in [9.17, 15) is 18.3 Å². The van der Waals surface area contributed by atoms with Crippen LogP contribution in [0.2, 0.25) is 0 Å². The molecule has 4 nitrogen and oxygen atoms in total. The molecule has 1 fully saturated rings. The van der Waals surface area contributed by atoms with Crippen molar-refractivity contribution in [1.29, 1.82) is 0 Å². The van der Waals surface area contributed by atoms with Gasteiger partial charge in [-0.3, -0.25) is 0 Å². The van der Waals surface area contributed by atoms with Gasteiger partial charge in [-0.25, -0.2) is 4.98 Å². The number of anilines is 2. The molecule has 1 aromatic heterocycles. The Kier molecular flexibility index (Phi) is 3.10. The number of rotatable bonds is 1. The van der Waals surface area contributed by atoms with E-state index in [-0.39, 0.29) is 31.7 Å². The first-order valence-electron chi connectivity index (χ1n) is 5.58. The molecule has 0 radical (unpaired) electrons. The van der Waals surface area contributed by atoms with Crippen LogP contribution in [0.25, 0.3) is 0 Å². The van der Waals surface area contributed by atoms with E-state index in [1.807, 2.05) is 0 Å². The van der Waals surface area contributed by atoms with Crippen LogP contribution in [-0.4, -0.2) is 35.0 Å². The molecule has 0 unspecified atom stereocenters. The molecule has 7 heteroatoms. The predicted molar refractivity (Wildman–Crippen MR) is 61.1 cm³/mol. The number of aromatic nitrogens is 1. The Balaban J connectivity index is 2.10. The van der Waals surface area contributed by atoms with E-state index in [1.165, 1.54) is 6.20 Å². The third-order valence-corrected chi connectivity index (χ3v) is 3.28. The van der Waals surface area contributed by atoms with Gasteiger partial charge in [-0.15, -0.1) is 0 Å². The monoisotopic (exact) mass is 261 g/mol. The van der Waals surface area contributed by atoms with Crippen molar-refractivity contribution >= 4 is 11.5 Å². The second kappa shape index (κ2) is 4.31. The summed E-state index contributed by atoms with van der Waals surface area (Å²) < 4.78 is 37.9. The van der Waals surface area contributed by atoms with Crippen molar-refractivity contribution < 1.29 is 18.3 Å². The van der Waals surface area contributed by atoms with Gasteiger partial charge in [0, 0.05) is 32.1 Å². The summed E-state index contributed by atoms with van der Waals surface area (Å²) in [5, 5.41) is 9.54. The Morgan fingerprint density at radius 3 is 2.44 bits per heavy atom. The largest absolute Gasteiger partial charge is 0.417 e. The molecule has 0 atom stereocenters. The summed E-state index contributed by atoms with van der Waals surface area (Å²) in [6.45, 7) is 0.206. The van der Waals surface area contributed by atoms with Crippen molar-refractivity contribution in [3.05, 3.63) is 18.3 Å². The molecule has 0 aromatic carbocycles. The molecule has 2 rings (SSSR count). The summed E-state index contributed by atoms with van der Waals surface area (Å²) in [7, 11) is 0. The van der Waals surface area contributed by atoms with Crippen molar-refractivity contribution in [2.75, 3.05) is 23.7 Å². The summed E-state index contributed by atoms with van der Waals surface area (Å²) in [6, 6.07) is 3.39. The van der Waals surface area contributed by atoms with Gasteiger partial charge in [0.1, 0.15) is 5.82 Å². The fourth-order valence-corrected chi connectivity index (χ4v) is 2.08. The number of piperidine rings is 1. The molecule has 18 heavy (non-hydrogen) atoms. The zero-order valence-electron chi connectivity index (χ0n) is 9.61. The predicted octanol–water partition coefficient (Wildman–Crippen LogP) is 1.56. The molecule has 0 amide bonds. The molecule has 0 spiro atoms. The van der Waals surface area contributed by atoms with E-state index < -0.39 is 11.8 Å². The normalized spacial score (nSPS) is 19.9. The highest BCUT2D eigenvalue weighted by molar-refractivity contribution is 5.63. The molecule has 0 aliphatic carbocycles. The molecule has 1 saturated heterocycles. The molecular weight excluding hydrogens is 247 g/mol. The van der Waals surface area contributed by atoms with Crippen LogP contribution in [0.4, 0.5) is 24.7 Å². The number of nitrogen functional groups attached to an aromatic ring is 1. The molecule has 1 aliphatic heterocycles. The zero-order chi connectivity index (χ0) is 13.4. The maximum absolute atomic E-state index is 12.6. The third-order valence-electron chi connectivity index (χ3n) is 3.28. The van der Waals surface area contributed by atoms with Gasteiger partial charge in [-0.1, -0.05) is 0 Å². The van der Waals surface area contributed by atoms with Gasteiger partial charge < -0.3 is 15.7 Å². The number of hydrogen-bond acceptors (Lipinski definition) is 4. The number of pyridine rings is 1. The lowest BCUT2D eigenvalue weighted by Gasteiger charge is -2.40. The summed E-state index contributed by atoms with van der Waals surface area (Å²) in [5.41, 5.74) is 3.70. The fraction of sp³-hybridized carbons (Fsp3) is 0.545. The Hall–Kier alpha value is -1.50. The maximum Gasteiger partial charge on any atom is 0.417 e. The van der Waals surface area contributed by atoms with Gasteiger partial charge >= 0.3 is 6.18 Å². The van der Waals surface area contributed by atoms with Crippen molar-refractivity contribution in [1.82, 2.24) is 4.98 Å². The molecule has 100 valence electrons. The average molecular weight is 261 g/mol. The minimum atomic E-state index is -4.58. The highest BCUT2D eigenvalue weighted by Gasteiger charge is 2.54. The molecule has 0 bridgehead atoms. The fourth-order valence-electron chi connectivity index (χ4n) is 2.08. The van der Waals surface area contributed by atoms with Crippen LogP contribution in [0.5, 0.6) is 0 Å². The molecule has 2 heterocycles.